The van der Waals surface area contributed by atoms with Gasteiger partial charge in [0.2, 0.25) is 5.95 Å². The summed E-state index contributed by atoms with van der Waals surface area (Å²) in [5.41, 5.74) is 4.23. The number of nitrogens with one attached hydrogen (secondary N) is 1. The minimum Gasteiger partial charge on any atom is -0.342 e. The average Bonchev–Trinajstić information content (AvgIpc) is 2.53. The molecule has 3 rings (SSSR count). The van der Waals surface area contributed by atoms with E-state index in [0.29, 0.717) is 5.95 Å². The van der Waals surface area contributed by atoms with Crippen LogP contribution in [0.3, 0.4) is 0 Å². The maximum Gasteiger partial charge on any atom is 0.223 e. The second kappa shape index (κ2) is 6.35. The Morgan fingerprint density at radius 3 is 2.55 bits per heavy atom. The summed E-state index contributed by atoms with van der Waals surface area (Å²) in [4.78, 5) is 13.2. The Morgan fingerprint density at radius 2 is 1.82 bits per heavy atom. The minimum atomic E-state index is -0.0806. The lowest BCUT2D eigenvalue weighted by molar-refractivity contribution is 0.861. The van der Waals surface area contributed by atoms with Crippen molar-refractivity contribution < 1.29 is 0 Å². The van der Waals surface area contributed by atoms with E-state index in [1.165, 1.54) is 5.56 Å². The van der Waals surface area contributed by atoms with E-state index in [1.54, 1.807) is 12.4 Å². The smallest absolute Gasteiger partial charge is 0.223 e. The van der Waals surface area contributed by atoms with Gasteiger partial charge in [-0.05, 0) is 37.6 Å². The second-order valence-corrected chi connectivity index (χ2v) is 5.27. The summed E-state index contributed by atoms with van der Waals surface area (Å²) in [6.07, 6.45) is 3.56. The van der Waals surface area contributed by atoms with Crippen molar-refractivity contribution in [2.24, 2.45) is 0 Å². The van der Waals surface area contributed by atoms with Crippen molar-refractivity contribution in [3.8, 4) is 0 Å². The zero-order valence-corrected chi connectivity index (χ0v) is 12.7. The highest BCUT2D eigenvalue weighted by molar-refractivity contribution is 5.39. The number of nitrogens with zero attached hydrogens (tertiary/aromatic N) is 3. The van der Waals surface area contributed by atoms with Crippen LogP contribution in [0.4, 0.5) is 5.95 Å². The molecule has 0 amide bonds. The molecule has 1 atom stereocenters. The van der Waals surface area contributed by atoms with E-state index in [4.69, 9.17) is 0 Å². The monoisotopic (exact) mass is 290 g/mol. The minimum absolute atomic E-state index is 0.0806. The van der Waals surface area contributed by atoms with Crippen molar-refractivity contribution in [3.05, 3.63) is 83.4 Å². The molecule has 0 aliphatic carbocycles. The highest BCUT2D eigenvalue weighted by atomic mass is 15.1. The van der Waals surface area contributed by atoms with Crippen LogP contribution >= 0.6 is 0 Å². The first-order valence-electron chi connectivity index (χ1n) is 7.26. The van der Waals surface area contributed by atoms with Crippen molar-refractivity contribution in [1.82, 2.24) is 15.0 Å². The lowest BCUT2D eigenvalue weighted by atomic mass is 10.0. The van der Waals surface area contributed by atoms with Crippen LogP contribution < -0.4 is 5.32 Å². The molecule has 3 aromatic rings. The predicted octanol–water partition coefficient (Wildman–Crippen LogP) is 3.69. The first-order valence-corrected chi connectivity index (χ1v) is 7.26. The molecule has 0 spiro atoms. The Kier molecular flexibility index (Phi) is 4.10. The zero-order valence-electron chi connectivity index (χ0n) is 12.7. The van der Waals surface area contributed by atoms with Crippen LogP contribution in [-0.2, 0) is 0 Å². The van der Waals surface area contributed by atoms with Gasteiger partial charge in [-0.1, -0.05) is 35.9 Å². The number of anilines is 1. The van der Waals surface area contributed by atoms with E-state index in [9.17, 15) is 0 Å². The second-order valence-electron chi connectivity index (χ2n) is 5.27. The van der Waals surface area contributed by atoms with Gasteiger partial charge in [0.05, 0.1) is 11.7 Å². The van der Waals surface area contributed by atoms with Crippen molar-refractivity contribution in [1.29, 1.82) is 0 Å². The molecule has 22 heavy (non-hydrogen) atoms. The summed E-state index contributed by atoms with van der Waals surface area (Å²) in [6, 6.07) is 16.1. The lowest BCUT2D eigenvalue weighted by Crippen LogP contribution is -2.15. The van der Waals surface area contributed by atoms with Gasteiger partial charge in [0, 0.05) is 18.1 Å². The molecule has 0 bridgehead atoms. The Hall–Kier alpha value is -2.75. The van der Waals surface area contributed by atoms with Crippen molar-refractivity contribution in [2.75, 3.05) is 5.32 Å². The fourth-order valence-corrected chi connectivity index (χ4v) is 2.37. The highest BCUT2D eigenvalue weighted by Gasteiger charge is 2.16. The summed E-state index contributed by atoms with van der Waals surface area (Å²) in [5.74, 6) is 0.608. The van der Waals surface area contributed by atoms with Crippen molar-refractivity contribution >= 4 is 5.95 Å². The van der Waals surface area contributed by atoms with Crippen LogP contribution in [-0.4, -0.2) is 15.0 Å². The fourth-order valence-electron chi connectivity index (χ4n) is 2.37. The molecule has 4 heteroatoms. The molecule has 1 aromatic carbocycles. The number of hydrogen-bond acceptors (Lipinski definition) is 4. The summed E-state index contributed by atoms with van der Waals surface area (Å²) in [6.45, 7) is 4.04. The molecular weight excluding hydrogens is 272 g/mol. The Morgan fingerprint density at radius 1 is 0.909 bits per heavy atom. The molecule has 2 heterocycles. The van der Waals surface area contributed by atoms with E-state index in [2.05, 4.69) is 51.5 Å². The predicted molar refractivity (Wildman–Crippen MR) is 87.7 cm³/mol. The van der Waals surface area contributed by atoms with E-state index in [0.717, 1.165) is 17.0 Å². The topological polar surface area (TPSA) is 50.7 Å². The van der Waals surface area contributed by atoms with Gasteiger partial charge in [-0.2, -0.15) is 0 Å². The Balaban J connectivity index is 2.00. The van der Waals surface area contributed by atoms with Crippen LogP contribution in [0.5, 0.6) is 0 Å². The first kappa shape index (κ1) is 14.2. The van der Waals surface area contributed by atoms with Crippen molar-refractivity contribution in [2.45, 2.75) is 19.9 Å². The summed E-state index contributed by atoms with van der Waals surface area (Å²) >= 11 is 0. The van der Waals surface area contributed by atoms with Gasteiger partial charge in [0.25, 0.3) is 0 Å². The van der Waals surface area contributed by atoms with Crippen LogP contribution in [0.25, 0.3) is 0 Å². The van der Waals surface area contributed by atoms with E-state index >= 15 is 0 Å². The number of pyridine rings is 1. The molecule has 4 nitrogen and oxygen atoms in total. The van der Waals surface area contributed by atoms with Gasteiger partial charge >= 0.3 is 0 Å². The molecule has 2 aromatic heterocycles. The molecule has 0 aliphatic rings. The van der Waals surface area contributed by atoms with Crippen LogP contribution in [0.2, 0.25) is 0 Å². The quantitative estimate of drug-likeness (QED) is 0.796. The number of hydrogen-bond donors (Lipinski definition) is 1. The molecule has 0 saturated carbocycles. The largest absolute Gasteiger partial charge is 0.342 e. The zero-order chi connectivity index (χ0) is 15.4. The fraction of sp³-hybridized carbons (Fsp3) is 0.167. The summed E-state index contributed by atoms with van der Waals surface area (Å²) < 4.78 is 0. The van der Waals surface area contributed by atoms with Gasteiger partial charge in [-0.15, -0.1) is 0 Å². The highest BCUT2D eigenvalue weighted by Crippen LogP contribution is 2.24. The number of aryl methyl sites for hydroxylation is 2. The molecule has 0 fully saturated rings. The summed E-state index contributed by atoms with van der Waals surface area (Å²) in [7, 11) is 0. The van der Waals surface area contributed by atoms with E-state index in [1.807, 2.05) is 31.2 Å². The number of rotatable bonds is 4. The first-order chi connectivity index (χ1) is 10.7. The third-order valence-electron chi connectivity index (χ3n) is 3.43. The molecule has 0 aliphatic heterocycles. The molecule has 1 unspecified atom stereocenters. The van der Waals surface area contributed by atoms with E-state index < -0.39 is 0 Å². The average molecular weight is 290 g/mol. The Labute approximate surface area is 130 Å². The van der Waals surface area contributed by atoms with Crippen molar-refractivity contribution in [3.63, 3.8) is 0 Å². The SMILES string of the molecule is Cc1cccc(C(Nc2nccc(C)n2)c2ccccn2)c1. The maximum absolute atomic E-state index is 4.49. The van der Waals surface area contributed by atoms with Gasteiger partial charge in [-0.25, -0.2) is 9.97 Å². The molecule has 1 N–H and O–H groups in total. The molecule has 110 valence electrons. The third kappa shape index (κ3) is 3.28. The van der Waals surface area contributed by atoms with Crippen LogP contribution in [0.15, 0.2) is 60.9 Å². The molecule has 0 saturated heterocycles. The number of aromatic nitrogens is 3. The lowest BCUT2D eigenvalue weighted by Gasteiger charge is -2.19. The summed E-state index contributed by atoms with van der Waals surface area (Å²) in [5, 5.41) is 3.39. The third-order valence-corrected chi connectivity index (χ3v) is 3.43. The number of benzene rings is 1. The Bertz CT molecular complexity index is 756. The van der Waals surface area contributed by atoms with E-state index in [-0.39, 0.29) is 6.04 Å². The molecular formula is C18H18N4. The normalized spacial score (nSPS) is 11.9. The van der Waals surface area contributed by atoms with Gasteiger partial charge < -0.3 is 5.32 Å². The standard InChI is InChI=1S/C18H18N4/c1-13-6-5-7-15(12-13)17(16-8-3-4-10-19-16)22-18-20-11-9-14(2)21-18/h3-12,17H,1-2H3,(H,20,21,22). The van der Waals surface area contributed by atoms with Gasteiger partial charge in [0.15, 0.2) is 0 Å². The van der Waals surface area contributed by atoms with Gasteiger partial charge in [0.1, 0.15) is 0 Å². The van der Waals surface area contributed by atoms with Gasteiger partial charge in [-0.3, -0.25) is 4.98 Å². The molecule has 0 radical (unpaired) electrons. The van der Waals surface area contributed by atoms with Crippen LogP contribution in [0.1, 0.15) is 28.6 Å². The maximum atomic E-state index is 4.49. The van der Waals surface area contributed by atoms with Crippen LogP contribution in [0, 0.1) is 13.8 Å².